The van der Waals surface area contributed by atoms with Gasteiger partial charge in [-0.1, -0.05) is 12.8 Å². The van der Waals surface area contributed by atoms with Crippen LogP contribution in [-0.4, -0.2) is 38.8 Å². The number of benzene rings is 2. The quantitative estimate of drug-likeness (QED) is 0.792. The molecule has 0 bridgehead atoms. The molecule has 1 aliphatic rings. The molecule has 2 aromatic carbocycles. The smallest absolute Gasteiger partial charge is 0.258 e. The number of hydrogen-bond donors (Lipinski definition) is 1. The Bertz CT molecular complexity index is 1000. The first-order valence-electron chi connectivity index (χ1n) is 9.27. The molecule has 0 aliphatic carbocycles. The first-order chi connectivity index (χ1) is 13.8. The molecule has 0 aromatic heterocycles. The highest BCUT2D eigenvalue weighted by Crippen LogP contribution is 2.30. The van der Waals surface area contributed by atoms with Gasteiger partial charge in [-0.05, 0) is 43.2 Å². The van der Waals surface area contributed by atoms with Crippen LogP contribution in [0.3, 0.4) is 0 Å². The van der Waals surface area contributed by atoms with Crippen molar-refractivity contribution in [1.29, 1.82) is 0 Å². The molecular weight excluding hydrogens is 402 g/mol. The Kier molecular flexibility index (Phi) is 6.49. The maximum absolute atomic E-state index is 13.9. The normalized spacial score (nSPS) is 15.6. The van der Waals surface area contributed by atoms with Crippen LogP contribution in [0.5, 0.6) is 5.75 Å². The Morgan fingerprint density at radius 3 is 2.34 bits per heavy atom. The highest BCUT2D eigenvalue weighted by atomic mass is 32.2. The zero-order valence-electron chi connectivity index (χ0n) is 16.0. The number of halogens is 2. The molecule has 1 heterocycles. The van der Waals surface area contributed by atoms with Gasteiger partial charge in [0.05, 0.1) is 23.3 Å². The number of amides is 1. The Hall–Kier alpha value is -2.52. The highest BCUT2D eigenvalue weighted by molar-refractivity contribution is 7.89. The molecule has 9 heteroatoms. The van der Waals surface area contributed by atoms with Gasteiger partial charge in [0, 0.05) is 19.2 Å². The predicted molar refractivity (Wildman–Crippen MR) is 105 cm³/mol. The lowest BCUT2D eigenvalue weighted by Gasteiger charge is -2.21. The van der Waals surface area contributed by atoms with Crippen molar-refractivity contribution in [2.75, 3.05) is 25.5 Å². The van der Waals surface area contributed by atoms with Crippen LogP contribution >= 0.6 is 0 Å². The summed E-state index contributed by atoms with van der Waals surface area (Å²) < 4.78 is 59.6. The van der Waals surface area contributed by atoms with Gasteiger partial charge in [0.2, 0.25) is 10.0 Å². The monoisotopic (exact) mass is 424 g/mol. The maximum atomic E-state index is 13.9. The van der Waals surface area contributed by atoms with Crippen LogP contribution < -0.4 is 10.1 Å². The zero-order valence-corrected chi connectivity index (χ0v) is 16.8. The first-order valence-corrected chi connectivity index (χ1v) is 10.7. The van der Waals surface area contributed by atoms with Crippen molar-refractivity contribution in [3.63, 3.8) is 0 Å². The minimum Gasteiger partial charge on any atom is -0.495 e. The number of ether oxygens (including phenoxy) is 1. The molecule has 3 rings (SSSR count). The van der Waals surface area contributed by atoms with Crippen LogP contribution in [-0.2, 0) is 10.0 Å². The number of anilines is 1. The third-order valence-electron chi connectivity index (χ3n) is 4.80. The van der Waals surface area contributed by atoms with E-state index in [0.29, 0.717) is 19.2 Å². The van der Waals surface area contributed by atoms with Crippen LogP contribution in [0.1, 0.15) is 36.0 Å². The van der Waals surface area contributed by atoms with Crippen molar-refractivity contribution in [3.8, 4) is 5.75 Å². The lowest BCUT2D eigenvalue weighted by molar-refractivity contribution is 0.102. The fourth-order valence-corrected chi connectivity index (χ4v) is 4.78. The maximum Gasteiger partial charge on any atom is 0.258 e. The molecule has 6 nitrogen and oxygen atoms in total. The van der Waals surface area contributed by atoms with E-state index in [1.54, 1.807) is 0 Å². The van der Waals surface area contributed by atoms with Crippen LogP contribution in [0, 0.1) is 11.6 Å². The first kappa shape index (κ1) is 21.2. The van der Waals surface area contributed by atoms with Crippen molar-refractivity contribution in [2.45, 2.75) is 30.6 Å². The van der Waals surface area contributed by atoms with E-state index in [-0.39, 0.29) is 21.9 Å². The minimum atomic E-state index is -3.74. The average Bonchev–Trinajstić information content (AvgIpc) is 2.98. The van der Waals surface area contributed by atoms with Crippen LogP contribution in [0.15, 0.2) is 41.3 Å². The largest absolute Gasteiger partial charge is 0.495 e. The molecule has 1 aliphatic heterocycles. The van der Waals surface area contributed by atoms with E-state index in [4.69, 9.17) is 4.74 Å². The van der Waals surface area contributed by atoms with E-state index in [1.807, 2.05) is 0 Å². The van der Waals surface area contributed by atoms with Gasteiger partial charge in [0.25, 0.3) is 5.91 Å². The summed E-state index contributed by atoms with van der Waals surface area (Å²) in [7, 11) is -2.38. The summed E-state index contributed by atoms with van der Waals surface area (Å²) in [4.78, 5) is 12.4. The fraction of sp³-hybridized carbons (Fsp3) is 0.350. The Labute approximate surface area is 168 Å². The van der Waals surface area contributed by atoms with E-state index < -0.39 is 27.6 Å². The third-order valence-corrected chi connectivity index (χ3v) is 6.69. The average molecular weight is 424 g/mol. The number of nitrogens with one attached hydrogen (secondary N) is 1. The molecule has 156 valence electrons. The minimum absolute atomic E-state index is 0.00933. The summed E-state index contributed by atoms with van der Waals surface area (Å²) in [5, 5.41) is 2.46. The van der Waals surface area contributed by atoms with Gasteiger partial charge in [0.1, 0.15) is 17.4 Å². The van der Waals surface area contributed by atoms with Gasteiger partial charge < -0.3 is 10.1 Å². The standard InChI is InChI=1S/C20H22F2N2O4S/c1-28-19-9-7-15(29(26,27)24-10-4-2-3-5-11-24)13-18(19)23-20(25)16-8-6-14(21)12-17(16)22/h6-9,12-13H,2-5,10-11H2,1H3,(H,23,25). The lowest BCUT2D eigenvalue weighted by atomic mass is 10.2. The molecule has 1 fully saturated rings. The summed E-state index contributed by atoms with van der Waals surface area (Å²) in [5.41, 5.74) is -0.286. The molecule has 2 aromatic rings. The van der Waals surface area contributed by atoms with Crippen molar-refractivity contribution in [3.05, 3.63) is 53.6 Å². The van der Waals surface area contributed by atoms with Gasteiger partial charge in [-0.2, -0.15) is 4.31 Å². The summed E-state index contributed by atoms with van der Waals surface area (Å²) in [6.07, 6.45) is 3.56. The number of rotatable bonds is 5. The summed E-state index contributed by atoms with van der Waals surface area (Å²) >= 11 is 0. The fourth-order valence-electron chi connectivity index (χ4n) is 3.24. The molecule has 1 amide bonds. The van der Waals surface area contributed by atoms with Gasteiger partial charge in [0.15, 0.2) is 0 Å². The highest BCUT2D eigenvalue weighted by Gasteiger charge is 2.26. The Morgan fingerprint density at radius 1 is 1.03 bits per heavy atom. The number of nitrogens with zero attached hydrogens (tertiary/aromatic N) is 1. The van der Waals surface area contributed by atoms with Gasteiger partial charge in [-0.25, -0.2) is 17.2 Å². The van der Waals surface area contributed by atoms with Gasteiger partial charge in [-0.3, -0.25) is 4.79 Å². The van der Waals surface area contributed by atoms with E-state index in [2.05, 4.69) is 5.32 Å². The number of methoxy groups -OCH3 is 1. The van der Waals surface area contributed by atoms with Crippen molar-refractivity contribution < 1.29 is 26.7 Å². The second-order valence-electron chi connectivity index (χ2n) is 6.76. The molecular formula is C20H22F2N2O4S. The zero-order chi connectivity index (χ0) is 21.0. The second kappa shape index (κ2) is 8.87. The van der Waals surface area contributed by atoms with Crippen LogP contribution in [0.4, 0.5) is 14.5 Å². The van der Waals surface area contributed by atoms with Crippen LogP contribution in [0.25, 0.3) is 0 Å². The second-order valence-corrected chi connectivity index (χ2v) is 8.70. The molecule has 0 spiro atoms. The SMILES string of the molecule is COc1ccc(S(=O)(=O)N2CCCCCC2)cc1NC(=O)c1ccc(F)cc1F. The van der Waals surface area contributed by atoms with Crippen molar-refractivity contribution in [2.24, 2.45) is 0 Å². The predicted octanol–water partition coefficient (Wildman–Crippen LogP) is 3.79. The van der Waals surface area contributed by atoms with E-state index in [1.165, 1.54) is 29.6 Å². The number of hydrogen-bond acceptors (Lipinski definition) is 4. The van der Waals surface area contributed by atoms with Crippen molar-refractivity contribution in [1.82, 2.24) is 4.31 Å². The molecule has 0 unspecified atom stereocenters. The van der Waals surface area contributed by atoms with Crippen LogP contribution in [0.2, 0.25) is 0 Å². The summed E-state index contributed by atoms with van der Waals surface area (Å²) in [6, 6.07) is 6.72. The molecule has 29 heavy (non-hydrogen) atoms. The summed E-state index contributed by atoms with van der Waals surface area (Å²) in [6.45, 7) is 0.883. The van der Waals surface area contributed by atoms with E-state index in [9.17, 15) is 22.0 Å². The molecule has 1 N–H and O–H groups in total. The van der Waals surface area contributed by atoms with Gasteiger partial charge in [-0.15, -0.1) is 0 Å². The number of carbonyl (C=O) groups is 1. The molecule has 1 saturated heterocycles. The molecule has 0 saturated carbocycles. The number of sulfonamides is 1. The van der Waals surface area contributed by atoms with E-state index in [0.717, 1.165) is 37.8 Å². The summed E-state index contributed by atoms with van der Waals surface area (Å²) in [5.74, 6) is -2.45. The Morgan fingerprint density at radius 2 is 1.72 bits per heavy atom. The van der Waals surface area contributed by atoms with Gasteiger partial charge >= 0.3 is 0 Å². The van der Waals surface area contributed by atoms with Crippen molar-refractivity contribution >= 4 is 21.6 Å². The lowest BCUT2D eigenvalue weighted by Crippen LogP contribution is -2.32. The Balaban J connectivity index is 1.91. The molecule has 0 atom stereocenters. The van der Waals surface area contributed by atoms with E-state index >= 15 is 0 Å². The number of carbonyl (C=O) groups excluding carboxylic acids is 1. The third kappa shape index (κ3) is 4.73. The topological polar surface area (TPSA) is 75.7 Å². The molecule has 0 radical (unpaired) electrons.